The molecule has 3 nitrogen and oxygen atoms in total. The van der Waals surface area contributed by atoms with Crippen LogP contribution in [0, 0.1) is 5.82 Å². The van der Waals surface area contributed by atoms with Gasteiger partial charge in [0.1, 0.15) is 5.82 Å². The molecule has 0 spiro atoms. The zero-order valence-electron chi connectivity index (χ0n) is 10.8. The molecule has 2 N–H and O–H groups in total. The first-order chi connectivity index (χ1) is 8.63. The van der Waals surface area contributed by atoms with Gasteiger partial charge in [-0.25, -0.2) is 4.39 Å². The summed E-state index contributed by atoms with van der Waals surface area (Å²) in [6, 6.07) is 4.98. The van der Waals surface area contributed by atoms with Crippen molar-refractivity contribution in [3.63, 3.8) is 0 Å². The summed E-state index contributed by atoms with van der Waals surface area (Å²) < 4.78 is 13.6. The summed E-state index contributed by atoms with van der Waals surface area (Å²) >= 11 is 0. The number of carbonyl (C=O) groups is 1. The van der Waals surface area contributed by atoms with Crippen LogP contribution in [0.2, 0.25) is 0 Å². The van der Waals surface area contributed by atoms with Crippen molar-refractivity contribution in [2.75, 3.05) is 6.54 Å². The Kier molecular flexibility index (Phi) is 3.97. The maximum absolute atomic E-state index is 13.6. The molecule has 0 saturated carbocycles. The Morgan fingerprint density at radius 1 is 1.56 bits per heavy atom. The first-order valence-corrected chi connectivity index (χ1v) is 6.44. The van der Waals surface area contributed by atoms with Gasteiger partial charge < -0.3 is 5.32 Å². The van der Waals surface area contributed by atoms with E-state index in [4.69, 9.17) is 0 Å². The minimum atomic E-state index is -0.260. The smallest absolute Gasteiger partial charge is 0.236 e. The lowest BCUT2D eigenvalue weighted by Gasteiger charge is -2.19. The van der Waals surface area contributed by atoms with Gasteiger partial charge >= 0.3 is 0 Å². The van der Waals surface area contributed by atoms with E-state index < -0.39 is 0 Å². The van der Waals surface area contributed by atoms with Crippen molar-refractivity contribution >= 4 is 5.91 Å². The molecular formula is C14H19FN2O. The Labute approximate surface area is 107 Å². The van der Waals surface area contributed by atoms with Crippen molar-refractivity contribution in [3.8, 4) is 0 Å². The number of hydrogen-bond donors (Lipinski definition) is 2. The van der Waals surface area contributed by atoms with E-state index in [9.17, 15) is 9.18 Å². The summed E-state index contributed by atoms with van der Waals surface area (Å²) in [5.41, 5.74) is 1.78. The van der Waals surface area contributed by atoms with Crippen molar-refractivity contribution < 1.29 is 9.18 Å². The van der Waals surface area contributed by atoms with Crippen LogP contribution in [-0.4, -0.2) is 18.5 Å². The van der Waals surface area contributed by atoms with E-state index in [1.807, 2.05) is 19.9 Å². The van der Waals surface area contributed by atoms with Gasteiger partial charge in [-0.15, -0.1) is 0 Å². The first kappa shape index (κ1) is 13.0. The summed E-state index contributed by atoms with van der Waals surface area (Å²) in [7, 11) is 0. The molecule has 98 valence electrons. The molecule has 18 heavy (non-hydrogen) atoms. The molecule has 0 radical (unpaired) electrons. The van der Waals surface area contributed by atoms with Crippen molar-refractivity contribution in [1.82, 2.24) is 10.6 Å². The number of nitrogens with one attached hydrogen (secondary N) is 2. The lowest BCUT2D eigenvalue weighted by Crippen LogP contribution is -2.43. The highest BCUT2D eigenvalue weighted by atomic mass is 19.1. The Hall–Kier alpha value is -1.42. The molecule has 2 unspecified atom stereocenters. The third-order valence-corrected chi connectivity index (χ3v) is 3.41. The second kappa shape index (κ2) is 5.48. The zero-order chi connectivity index (χ0) is 13.1. The lowest BCUT2D eigenvalue weighted by atomic mass is 10.1. The van der Waals surface area contributed by atoms with Crippen LogP contribution in [0.4, 0.5) is 4.39 Å². The number of benzene rings is 1. The fourth-order valence-electron chi connectivity index (χ4n) is 2.49. The van der Waals surface area contributed by atoms with Crippen molar-refractivity contribution in [3.05, 3.63) is 35.1 Å². The average molecular weight is 250 g/mol. The van der Waals surface area contributed by atoms with Crippen LogP contribution in [-0.2, 0) is 11.2 Å². The van der Waals surface area contributed by atoms with Crippen LogP contribution in [0.3, 0.4) is 0 Å². The molecule has 0 aromatic heterocycles. The predicted octanol–water partition coefficient (Wildman–Crippen LogP) is 1.93. The number of fused-ring (bicyclic) bond motifs is 1. The Bertz CT molecular complexity index is 447. The fourth-order valence-corrected chi connectivity index (χ4v) is 2.49. The highest BCUT2D eigenvalue weighted by molar-refractivity contribution is 5.81. The van der Waals surface area contributed by atoms with Gasteiger partial charge in [0, 0.05) is 12.6 Å². The molecule has 0 saturated heterocycles. The molecule has 1 aliphatic carbocycles. The number of likely N-dealkylation sites (N-methyl/N-ethyl adjacent to an activating group) is 1. The average Bonchev–Trinajstić information content (AvgIpc) is 2.74. The van der Waals surface area contributed by atoms with E-state index in [0.717, 1.165) is 24.0 Å². The summed E-state index contributed by atoms with van der Waals surface area (Å²) in [4.78, 5) is 11.7. The molecular weight excluding hydrogens is 231 g/mol. The molecule has 1 aromatic carbocycles. The number of carbonyl (C=O) groups excluding carboxylic acids is 1. The third kappa shape index (κ3) is 2.53. The molecule has 1 amide bonds. The van der Waals surface area contributed by atoms with Crippen LogP contribution in [0.5, 0.6) is 0 Å². The van der Waals surface area contributed by atoms with Gasteiger partial charge in [-0.3, -0.25) is 10.1 Å². The molecule has 1 aromatic rings. The predicted molar refractivity (Wildman–Crippen MR) is 68.7 cm³/mol. The molecule has 2 rings (SSSR count). The van der Waals surface area contributed by atoms with Gasteiger partial charge in [-0.1, -0.05) is 12.1 Å². The molecule has 2 atom stereocenters. The summed E-state index contributed by atoms with van der Waals surface area (Å²) in [6.45, 7) is 4.36. The quantitative estimate of drug-likeness (QED) is 0.857. The Morgan fingerprint density at radius 2 is 2.33 bits per heavy atom. The van der Waals surface area contributed by atoms with Crippen molar-refractivity contribution in [1.29, 1.82) is 0 Å². The van der Waals surface area contributed by atoms with Crippen molar-refractivity contribution in [2.45, 2.75) is 38.8 Å². The van der Waals surface area contributed by atoms with Crippen LogP contribution in [0.15, 0.2) is 18.2 Å². The van der Waals surface area contributed by atoms with E-state index in [2.05, 4.69) is 10.6 Å². The third-order valence-electron chi connectivity index (χ3n) is 3.41. The maximum atomic E-state index is 13.6. The lowest BCUT2D eigenvalue weighted by molar-refractivity contribution is -0.122. The molecule has 1 aliphatic rings. The summed E-state index contributed by atoms with van der Waals surface area (Å²) in [5.74, 6) is -0.148. The van der Waals surface area contributed by atoms with Gasteiger partial charge in [0.05, 0.1) is 6.04 Å². The second-order valence-electron chi connectivity index (χ2n) is 4.68. The van der Waals surface area contributed by atoms with Gasteiger partial charge in [-0.05, 0) is 43.9 Å². The summed E-state index contributed by atoms with van der Waals surface area (Å²) in [5, 5.41) is 6.05. The monoisotopic (exact) mass is 250 g/mol. The fraction of sp³-hybridized carbons (Fsp3) is 0.500. The molecule has 0 aliphatic heterocycles. The number of hydrogen-bond acceptors (Lipinski definition) is 2. The van der Waals surface area contributed by atoms with Crippen LogP contribution in [0.1, 0.15) is 37.4 Å². The highest BCUT2D eigenvalue weighted by Gasteiger charge is 2.27. The molecule has 0 heterocycles. The summed E-state index contributed by atoms with van der Waals surface area (Å²) in [6.07, 6.45) is 1.59. The minimum absolute atomic E-state index is 0.0117. The SMILES string of the molecule is CCNC(=O)C(C)NC1CCc2c(F)cccc21. The van der Waals surface area contributed by atoms with Gasteiger partial charge in [-0.2, -0.15) is 0 Å². The van der Waals surface area contributed by atoms with Crippen LogP contribution >= 0.6 is 0 Å². The van der Waals surface area contributed by atoms with Crippen LogP contribution in [0.25, 0.3) is 0 Å². The van der Waals surface area contributed by atoms with Gasteiger partial charge in [0.2, 0.25) is 5.91 Å². The van der Waals surface area contributed by atoms with Crippen molar-refractivity contribution in [2.24, 2.45) is 0 Å². The Balaban J connectivity index is 2.06. The topological polar surface area (TPSA) is 41.1 Å². The standard InChI is InChI=1S/C14H19FN2O/c1-3-16-14(18)9(2)17-13-8-7-10-11(13)5-4-6-12(10)15/h4-6,9,13,17H,3,7-8H2,1-2H3,(H,16,18). The van der Waals surface area contributed by atoms with Crippen LogP contribution < -0.4 is 10.6 Å². The maximum Gasteiger partial charge on any atom is 0.236 e. The normalized spacial score (nSPS) is 19.4. The van der Waals surface area contributed by atoms with Gasteiger partial charge in [0.15, 0.2) is 0 Å². The minimum Gasteiger partial charge on any atom is -0.355 e. The zero-order valence-corrected chi connectivity index (χ0v) is 10.8. The molecule has 0 fully saturated rings. The van der Waals surface area contributed by atoms with E-state index in [1.165, 1.54) is 6.07 Å². The van der Waals surface area contributed by atoms with E-state index in [1.54, 1.807) is 6.07 Å². The van der Waals surface area contributed by atoms with E-state index in [-0.39, 0.29) is 23.8 Å². The van der Waals surface area contributed by atoms with Gasteiger partial charge in [0.25, 0.3) is 0 Å². The second-order valence-corrected chi connectivity index (χ2v) is 4.68. The largest absolute Gasteiger partial charge is 0.355 e. The van der Waals surface area contributed by atoms with E-state index >= 15 is 0 Å². The Morgan fingerprint density at radius 3 is 3.06 bits per heavy atom. The van der Waals surface area contributed by atoms with E-state index in [0.29, 0.717) is 6.54 Å². The molecule has 4 heteroatoms. The number of rotatable bonds is 4. The number of halogens is 1. The highest BCUT2D eigenvalue weighted by Crippen LogP contribution is 2.32. The number of amides is 1. The first-order valence-electron chi connectivity index (χ1n) is 6.44. The molecule has 0 bridgehead atoms.